The zero-order chi connectivity index (χ0) is 15.6. The summed E-state index contributed by atoms with van der Waals surface area (Å²) >= 11 is 3.32. The number of hydrogen-bond acceptors (Lipinski definition) is 5. The van der Waals surface area contributed by atoms with Crippen molar-refractivity contribution in [2.24, 2.45) is 5.73 Å². The highest BCUT2D eigenvalue weighted by molar-refractivity contribution is 9.10. The molecule has 2 N–H and O–H groups in total. The summed E-state index contributed by atoms with van der Waals surface area (Å²) in [6.45, 7) is 0.793. The van der Waals surface area contributed by atoms with Crippen molar-refractivity contribution in [1.82, 2.24) is 4.31 Å². The molecule has 1 aromatic rings. The van der Waals surface area contributed by atoms with Crippen LogP contribution >= 0.6 is 15.9 Å². The molecule has 0 aromatic heterocycles. The van der Waals surface area contributed by atoms with Gasteiger partial charge < -0.3 is 15.2 Å². The Balaban J connectivity index is 2.53. The number of sulfonamides is 1. The highest BCUT2D eigenvalue weighted by Gasteiger charge is 2.36. The van der Waals surface area contributed by atoms with Gasteiger partial charge in [-0.2, -0.15) is 4.31 Å². The van der Waals surface area contributed by atoms with Gasteiger partial charge in [0.25, 0.3) is 0 Å². The molecule has 21 heavy (non-hydrogen) atoms. The lowest BCUT2D eigenvalue weighted by Crippen LogP contribution is -2.40. The molecule has 0 amide bonds. The van der Waals surface area contributed by atoms with Gasteiger partial charge in [0.1, 0.15) is 16.4 Å². The molecular formula is C13H19BrN2O4S. The van der Waals surface area contributed by atoms with E-state index in [0.717, 1.165) is 12.8 Å². The first-order valence-corrected chi connectivity index (χ1v) is 8.82. The Morgan fingerprint density at radius 2 is 2.00 bits per heavy atom. The number of nitrogens with zero attached hydrogens (tertiary/aromatic N) is 1. The molecule has 0 radical (unpaired) electrons. The van der Waals surface area contributed by atoms with E-state index in [1.165, 1.54) is 24.6 Å². The highest BCUT2D eigenvalue weighted by atomic mass is 79.9. The van der Waals surface area contributed by atoms with E-state index in [1.54, 1.807) is 6.07 Å². The number of methoxy groups -OCH3 is 2. The largest absolute Gasteiger partial charge is 0.496 e. The second-order valence-corrected chi connectivity index (χ2v) is 7.50. The lowest BCUT2D eigenvalue weighted by atomic mass is 10.2. The molecule has 0 spiro atoms. The van der Waals surface area contributed by atoms with Crippen molar-refractivity contribution in [3.05, 3.63) is 16.6 Å². The molecular weight excluding hydrogens is 360 g/mol. The van der Waals surface area contributed by atoms with Gasteiger partial charge >= 0.3 is 0 Å². The highest BCUT2D eigenvalue weighted by Crippen LogP contribution is 2.38. The zero-order valence-corrected chi connectivity index (χ0v) is 14.4. The van der Waals surface area contributed by atoms with Crippen molar-refractivity contribution in [2.75, 3.05) is 27.3 Å². The molecule has 118 valence electrons. The van der Waals surface area contributed by atoms with Crippen LogP contribution in [0.3, 0.4) is 0 Å². The van der Waals surface area contributed by atoms with Crippen molar-refractivity contribution in [3.63, 3.8) is 0 Å². The third kappa shape index (κ3) is 3.03. The lowest BCUT2D eigenvalue weighted by molar-refractivity contribution is 0.374. The van der Waals surface area contributed by atoms with E-state index in [2.05, 4.69) is 15.9 Å². The first-order chi connectivity index (χ1) is 9.95. The fourth-order valence-corrected chi connectivity index (χ4v) is 4.86. The van der Waals surface area contributed by atoms with Crippen LogP contribution in [-0.2, 0) is 10.0 Å². The Bertz CT molecular complexity index is 621. The summed E-state index contributed by atoms with van der Waals surface area (Å²) in [6.07, 6.45) is 1.60. The third-order valence-corrected chi connectivity index (χ3v) is 6.21. The van der Waals surface area contributed by atoms with E-state index in [4.69, 9.17) is 15.2 Å². The number of ether oxygens (including phenoxy) is 2. The molecule has 1 unspecified atom stereocenters. The molecule has 1 saturated heterocycles. The standard InChI is InChI=1S/C13H19BrN2O4S/c1-19-11-7-13(12(20-2)6-10(11)14)21(17,18)16-5-3-4-9(16)8-15/h6-7,9H,3-5,8,15H2,1-2H3. The van der Waals surface area contributed by atoms with Gasteiger partial charge in [0, 0.05) is 25.2 Å². The molecule has 0 saturated carbocycles. The van der Waals surface area contributed by atoms with Crippen molar-refractivity contribution < 1.29 is 17.9 Å². The van der Waals surface area contributed by atoms with E-state index in [0.29, 0.717) is 23.3 Å². The molecule has 1 aliphatic heterocycles. The molecule has 1 fully saturated rings. The lowest BCUT2D eigenvalue weighted by Gasteiger charge is -2.24. The number of halogens is 1. The fourth-order valence-electron chi connectivity index (χ4n) is 2.52. The van der Waals surface area contributed by atoms with E-state index < -0.39 is 10.0 Å². The van der Waals surface area contributed by atoms with Gasteiger partial charge in [-0.25, -0.2) is 8.42 Å². The minimum Gasteiger partial charge on any atom is -0.496 e. The van der Waals surface area contributed by atoms with Gasteiger partial charge in [-0.3, -0.25) is 0 Å². The second-order valence-electron chi connectivity index (χ2n) is 4.79. The summed E-state index contributed by atoms with van der Waals surface area (Å²) in [5.74, 6) is 0.725. The molecule has 0 bridgehead atoms. The number of rotatable bonds is 5. The van der Waals surface area contributed by atoms with E-state index in [9.17, 15) is 8.42 Å². The maximum atomic E-state index is 12.9. The number of nitrogens with two attached hydrogens (primary N) is 1. The first-order valence-electron chi connectivity index (χ1n) is 6.59. The minimum absolute atomic E-state index is 0.102. The maximum Gasteiger partial charge on any atom is 0.247 e. The Morgan fingerprint density at radius 1 is 1.33 bits per heavy atom. The quantitative estimate of drug-likeness (QED) is 0.840. The second kappa shape index (κ2) is 6.51. The summed E-state index contributed by atoms with van der Waals surface area (Å²) in [4.78, 5) is 0.102. The normalized spacial score (nSPS) is 19.7. The molecule has 1 aliphatic rings. The summed E-state index contributed by atoms with van der Waals surface area (Å²) in [5.41, 5.74) is 5.68. The minimum atomic E-state index is -3.66. The van der Waals surface area contributed by atoms with Gasteiger partial charge in [0.2, 0.25) is 10.0 Å². The fraction of sp³-hybridized carbons (Fsp3) is 0.538. The van der Waals surface area contributed by atoms with Gasteiger partial charge in [0.05, 0.1) is 18.7 Å². The van der Waals surface area contributed by atoms with Gasteiger partial charge in [0.15, 0.2) is 0 Å². The van der Waals surface area contributed by atoms with Gasteiger partial charge in [-0.05, 0) is 34.8 Å². The van der Waals surface area contributed by atoms with Crippen molar-refractivity contribution in [2.45, 2.75) is 23.8 Å². The van der Waals surface area contributed by atoms with Crippen LogP contribution in [0.25, 0.3) is 0 Å². The van der Waals surface area contributed by atoms with Crippen molar-refractivity contribution in [3.8, 4) is 11.5 Å². The Morgan fingerprint density at radius 3 is 2.57 bits per heavy atom. The summed E-state index contributed by atoms with van der Waals surface area (Å²) in [5, 5.41) is 0. The van der Waals surface area contributed by atoms with E-state index in [-0.39, 0.29) is 16.7 Å². The predicted octanol–water partition coefficient (Wildman–Crippen LogP) is 1.58. The maximum absolute atomic E-state index is 12.9. The Hall–Kier alpha value is -0.830. The third-order valence-electron chi connectivity index (χ3n) is 3.62. The monoisotopic (exact) mass is 378 g/mol. The van der Waals surface area contributed by atoms with Crippen LogP contribution in [0.2, 0.25) is 0 Å². The van der Waals surface area contributed by atoms with Gasteiger partial charge in [-0.15, -0.1) is 0 Å². The number of hydrogen-bond donors (Lipinski definition) is 1. The van der Waals surface area contributed by atoms with Crippen LogP contribution in [0.5, 0.6) is 11.5 Å². The van der Waals surface area contributed by atoms with Crippen LogP contribution < -0.4 is 15.2 Å². The van der Waals surface area contributed by atoms with Crippen molar-refractivity contribution >= 4 is 26.0 Å². The van der Waals surface area contributed by atoms with Crippen LogP contribution in [0, 0.1) is 0 Å². The number of benzene rings is 1. The first kappa shape index (κ1) is 16.5. The zero-order valence-electron chi connectivity index (χ0n) is 12.0. The van der Waals surface area contributed by atoms with E-state index >= 15 is 0 Å². The smallest absolute Gasteiger partial charge is 0.247 e. The Kier molecular flexibility index (Phi) is 5.13. The molecule has 1 heterocycles. The van der Waals surface area contributed by atoms with Gasteiger partial charge in [-0.1, -0.05) is 0 Å². The summed E-state index contributed by atoms with van der Waals surface area (Å²) < 4.78 is 38.3. The topological polar surface area (TPSA) is 81.9 Å². The molecule has 8 heteroatoms. The van der Waals surface area contributed by atoms with Crippen LogP contribution in [0.4, 0.5) is 0 Å². The van der Waals surface area contributed by atoms with Crippen LogP contribution in [0.1, 0.15) is 12.8 Å². The molecule has 1 aromatic carbocycles. The molecule has 6 nitrogen and oxygen atoms in total. The molecule has 1 atom stereocenters. The average Bonchev–Trinajstić information content (AvgIpc) is 2.95. The molecule has 2 rings (SSSR count). The predicted molar refractivity (Wildman–Crippen MR) is 83.2 cm³/mol. The van der Waals surface area contributed by atoms with E-state index in [1.807, 2.05) is 0 Å². The van der Waals surface area contributed by atoms with Crippen molar-refractivity contribution in [1.29, 1.82) is 0 Å². The van der Waals surface area contributed by atoms with Crippen LogP contribution in [-0.4, -0.2) is 46.1 Å². The Labute approximate surface area is 133 Å². The van der Waals surface area contributed by atoms with Crippen LogP contribution in [0.15, 0.2) is 21.5 Å². The average molecular weight is 379 g/mol. The molecule has 0 aliphatic carbocycles. The summed E-state index contributed by atoms with van der Waals surface area (Å²) in [7, 11) is -0.735. The summed E-state index contributed by atoms with van der Waals surface area (Å²) in [6, 6.07) is 2.91. The SMILES string of the molecule is COc1cc(S(=O)(=O)N2CCCC2CN)c(OC)cc1Br.